The number of rotatable bonds is 8. The van der Waals surface area contributed by atoms with Gasteiger partial charge in [0.15, 0.2) is 0 Å². The molecule has 0 unspecified atom stereocenters. The molecule has 0 radical (unpaired) electrons. The van der Waals surface area contributed by atoms with E-state index in [0.29, 0.717) is 12.1 Å². The summed E-state index contributed by atoms with van der Waals surface area (Å²) in [7, 11) is 3.86. The maximum atomic E-state index is 6.12. The second-order valence-corrected chi connectivity index (χ2v) is 7.19. The van der Waals surface area contributed by atoms with Gasteiger partial charge in [0.05, 0.1) is 13.7 Å². The number of hydrogen-bond donors (Lipinski definition) is 1. The van der Waals surface area contributed by atoms with Crippen LogP contribution in [0.4, 0.5) is 0 Å². The van der Waals surface area contributed by atoms with E-state index in [1.807, 2.05) is 18.2 Å². The van der Waals surface area contributed by atoms with E-state index < -0.39 is 0 Å². The average Bonchev–Trinajstić information content (AvgIpc) is 2.98. The van der Waals surface area contributed by atoms with Gasteiger partial charge < -0.3 is 20.1 Å². The number of hydrogen-bond acceptors (Lipinski definition) is 4. The summed E-state index contributed by atoms with van der Waals surface area (Å²) in [5.74, 6) is 1.91. The molecule has 140 valence electrons. The second-order valence-electron chi connectivity index (χ2n) is 7.19. The summed E-state index contributed by atoms with van der Waals surface area (Å²) in [6, 6.07) is 17.5. The fourth-order valence-electron chi connectivity index (χ4n) is 3.72. The number of nitrogens with two attached hydrogens (primary N) is 1. The number of likely N-dealkylation sites (N-methyl/N-ethyl adjacent to an activating group) is 1. The van der Waals surface area contributed by atoms with Gasteiger partial charge >= 0.3 is 0 Å². The van der Waals surface area contributed by atoms with E-state index in [1.165, 1.54) is 11.1 Å². The van der Waals surface area contributed by atoms with E-state index in [0.717, 1.165) is 50.3 Å². The fraction of sp³-hybridized carbons (Fsp3) is 0.455. The predicted molar refractivity (Wildman–Crippen MR) is 106 cm³/mol. The Hall–Kier alpha value is -2.04. The molecule has 0 bridgehead atoms. The number of benzene rings is 2. The Kier molecular flexibility index (Phi) is 6.53. The van der Waals surface area contributed by atoms with Gasteiger partial charge in [0.1, 0.15) is 11.5 Å². The van der Waals surface area contributed by atoms with E-state index in [4.69, 9.17) is 15.2 Å². The fourth-order valence-corrected chi connectivity index (χ4v) is 3.72. The standard InChI is InChI=1S/C22H30N2O2/c1-24-16-19(23)15-20(24)12-13-26-22-9-4-3-7-18(22)11-10-17-6-5-8-21(14-17)25-2/h3-9,14,19-20H,10-13,15-16,23H2,1-2H3/t19-,20+/m1/s1. The highest BCUT2D eigenvalue weighted by Crippen LogP contribution is 2.23. The molecule has 1 fully saturated rings. The summed E-state index contributed by atoms with van der Waals surface area (Å²) in [5, 5.41) is 0. The van der Waals surface area contributed by atoms with Crippen molar-refractivity contribution in [3.63, 3.8) is 0 Å². The maximum Gasteiger partial charge on any atom is 0.122 e. The molecule has 0 aromatic heterocycles. The molecule has 1 heterocycles. The second kappa shape index (κ2) is 9.06. The molecular weight excluding hydrogens is 324 g/mol. The van der Waals surface area contributed by atoms with E-state index in [1.54, 1.807) is 7.11 Å². The van der Waals surface area contributed by atoms with Crippen LogP contribution in [0.15, 0.2) is 48.5 Å². The van der Waals surface area contributed by atoms with Crippen LogP contribution in [0.2, 0.25) is 0 Å². The molecule has 3 rings (SSSR count). The number of para-hydroxylation sites is 1. The van der Waals surface area contributed by atoms with Gasteiger partial charge in [-0.2, -0.15) is 0 Å². The predicted octanol–water partition coefficient (Wildman–Crippen LogP) is 3.28. The van der Waals surface area contributed by atoms with E-state index in [-0.39, 0.29) is 0 Å². The van der Waals surface area contributed by atoms with Gasteiger partial charge in [-0.3, -0.25) is 0 Å². The van der Waals surface area contributed by atoms with Crippen LogP contribution in [-0.2, 0) is 12.8 Å². The van der Waals surface area contributed by atoms with Gasteiger partial charge in [-0.1, -0.05) is 30.3 Å². The summed E-state index contributed by atoms with van der Waals surface area (Å²) in [6.07, 6.45) is 4.01. The molecule has 2 N–H and O–H groups in total. The van der Waals surface area contributed by atoms with Crippen LogP contribution in [-0.4, -0.2) is 44.3 Å². The number of ether oxygens (including phenoxy) is 2. The molecule has 1 aliphatic rings. The van der Waals surface area contributed by atoms with Crippen molar-refractivity contribution in [2.75, 3.05) is 27.3 Å². The van der Waals surface area contributed by atoms with Crippen molar-refractivity contribution >= 4 is 0 Å². The van der Waals surface area contributed by atoms with E-state index >= 15 is 0 Å². The van der Waals surface area contributed by atoms with E-state index in [9.17, 15) is 0 Å². The summed E-state index contributed by atoms with van der Waals surface area (Å²) in [5.41, 5.74) is 8.58. The molecule has 0 amide bonds. The number of methoxy groups -OCH3 is 1. The molecule has 2 aromatic carbocycles. The van der Waals surface area contributed by atoms with Gasteiger partial charge in [0.25, 0.3) is 0 Å². The normalized spacial score (nSPS) is 20.3. The van der Waals surface area contributed by atoms with Gasteiger partial charge in [-0.15, -0.1) is 0 Å². The van der Waals surface area contributed by atoms with Crippen molar-refractivity contribution < 1.29 is 9.47 Å². The largest absolute Gasteiger partial charge is 0.497 e. The third-order valence-electron chi connectivity index (χ3n) is 5.22. The smallest absolute Gasteiger partial charge is 0.122 e. The Bertz CT molecular complexity index is 704. The van der Waals surface area contributed by atoms with Crippen LogP contribution < -0.4 is 15.2 Å². The minimum Gasteiger partial charge on any atom is -0.497 e. The van der Waals surface area contributed by atoms with Crippen LogP contribution in [0, 0.1) is 0 Å². The molecule has 0 spiro atoms. The van der Waals surface area contributed by atoms with Gasteiger partial charge in [0, 0.05) is 18.6 Å². The average molecular weight is 354 g/mol. The molecule has 1 aliphatic heterocycles. The Morgan fingerprint density at radius 3 is 2.73 bits per heavy atom. The molecule has 2 aromatic rings. The van der Waals surface area contributed by atoms with Crippen molar-refractivity contribution in [3.05, 3.63) is 59.7 Å². The quantitative estimate of drug-likeness (QED) is 0.790. The molecule has 4 nitrogen and oxygen atoms in total. The lowest BCUT2D eigenvalue weighted by molar-refractivity contribution is 0.232. The Morgan fingerprint density at radius 2 is 1.96 bits per heavy atom. The minimum atomic E-state index is 0.306. The molecule has 2 atom stereocenters. The lowest BCUT2D eigenvalue weighted by Gasteiger charge is -2.19. The van der Waals surface area contributed by atoms with Crippen LogP contribution in [0.5, 0.6) is 11.5 Å². The maximum absolute atomic E-state index is 6.12. The van der Waals surface area contributed by atoms with Crippen molar-refractivity contribution in [3.8, 4) is 11.5 Å². The van der Waals surface area contributed by atoms with Crippen molar-refractivity contribution in [2.24, 2.45) is 5.73 Å². The van der Waals surface area contributed by atoms with Gasteiger partial charge in [0.2, 0.25) is 0 Å². The highest BCUT2D eigenvalue weighted by molar-refractivity contribution is 5.35. The molecule has 26 heavy (non-hydrogen) atoms. The number of likely N-dealkylation sites (tertiary alicyclic amines) is 1. The Labute approximate surface area is 156 Å². The van der Waals surface area contributed by atoms with Crippen molar-refractivity contribution in [1.29, 1.82) is 0 Å². The summed E-state index contributed by atoms with van der Waals surface area (Å²) in [4.78, 5) is 2.35. The zero-order valence-electron chi connectivity index (χ0n) is 15.9. The Morgan fingerprint density at radius 1 is 1.12 bits per heavy atom. The van der Waals surface area contributed by atoms with Gasteiger partial charge in [-0.25, -0.2) is 0 Å². The first-order chi connectivity index (χ1) is 12.7. The topological polar surface area (TPSA) is 47.7 Å². The molecule has 0 saturated carbocycles. The Balaban J connectivity index is 1.54. The lowest BCUT2D eigenvalue weighted by Crippen LogP contribution is -2.27. The molecular formula is C22H30N2O2. The zero-order valence-corrected chi connectivity index (χ0v) is 15.9. The van der Waals surface area contributed by atoms with Crippen LogP contribution >= 0.6 is 0 Å². The van der Waals surface area contributed by atoms with Crippen molar-refractivity contribution in [2.45, 2.75) is 37.8 Å². The first-order valence-corrected chi connectivity index (χ1v) is 9.45. The number of aryl methyl sites for hydroxylation is 2. The lowest BCUT2D eigenvalue weighted by atomic mass is 10.0. The molecule has 0 aliphatic carbocycles. The number of nitrogens with zero attached hydrogens (tertiary/aromatic N) is 1. The monoisotopic (exact) mass is 354 g/mol. The van der Waals surface area contributed by atoms with E-state index in [2.05, 4.69) is 42.3 Å². The summed E-state index contributed by atoms with van der Waals surface area (Å²) >= 11 is 0. The third kappa shape index (κ3) is 4.99. The minimum absolute atomic E-state index is 0.306. The van der Waals surface area contributed by atoms with Crippen LogP contribution in [0.1, 0.15) is 24.0 Å². The van der Waals surface area contributed by atoms with Crippen molar-refractivity contribution in [1.82, 2.24) is 4.90 Å². The van der Waals surface area contributed by atoms with Gasteiger partial charge in [-0.05, 0) is 62.1 Å². The first kappa shape index (κ1) is 18.7. The zero-order chi connectivity index (χ0) is 18.4. The molecule has 1 saturated heterocycles. The highest BCUT2D eigenvalue weighted by atomic mass is 16.5. The van der Waals surface area contributed by atoms with Crippen LogP contribution in [0.3, 0.4) is 0 Å². The SMILES string of the molecule is COc1cccc(CCc2ccccc2OCC[C@H]2C[C@@H](N)CN2C)c1. The highest BCUT2D eigenvalue weighted by Gasteiger charge is 2.26. The van der Waals surface area contributed by atoms with Crippen LogP contribution in [0.25, 0.3) is 0 Å². The summed E-state index contributed by atoms with van der Waals surface area (Å²) < 4.78 is 11.4. The summed E-state index contributed by atoms with van der Waals surface area (Å²) in [6.45, 7) is 1.72. The third-order valence-corrected chi connectivity index (χ3v) is 5.22. The first-order valence-electron chi connectivity index (χ1n) is 9.45. The molecule has 4 heteroatoms.